The van der Waals surface area contributed by atoms with Crippen molar-refractivity contribution in [2.75, 3.05) is 19.0 Å². The summed E-state index contributed by atoms with van der Waals surface area (Å²) in [5, 5.41) is 2.79. The van der Waals surface area contributed by atoms with E-state index < -0.39 is 23.7 Å². The minimum Gasteiger partial charge on any atom is -0.469 e. The number of hydrogen-bond donors (Lipinski definition) is 1. The van der Waals surface area contributed by atoms with E-state index in [1.165, 1.54) is 25.3 Å². The number of nitrogens with one attached hydrogen (secondary N) is 1. The fourth-order valence-electron chi connectivity index (χ4n) is 3.37. The van der Waals surface area contributed by atoms with Crippen molar-refractivity contribution in [1.82, 2.24) is 0 Å². The molecule has 0 heterocycles. The van der Waals surface area contributed by atoms with Crippen LogP contribution in [0.15, 0.2) is 61.7 Å². The molecule has 1 amide bonds. The second-order valence-electron chi connectivity index (χ2n) is 7.28. The number of allylic oxidation sites excluding steroid dienone is 1. The molecule has 0 aliphatic carbocycles. The van der Waals surface area contributed by atoms with Gasteiger partial charge in [-0.25, -0.2) is 4.39 Å². The van der Waals surface area contributed by atoms with Gasteiger partial charge in [-0.3, -0.25) is 14.4 Å². The van der Waals surface area contributed by atoms with E-state index in [1.54, 1.807) is 37.3 Å². The number of anilines is 1. The average Bonchev–Trinajstić information content (AvgIpc) is 2.77. The molecule has 0 radical (unpaired) electrons. The van der Waals surface area contributed by atoms with Crippen molar-refractivity contribution in [3.05, 3.63) is 78.7 Å². The predicted molar refractivity (Wildman–Crippen MR) is 125 cm³/mol. The van der Waals surface area contributed by atoms with Crippen LogP contribution in [0, 0.1) is 5.82 Å². The number of carbonyl (C=O) groups excluding carboxylic acids is 3. The summed E-state index contributed by atoms with van der Waals surface area (Å²) < 4.78 is 24.5. The Hall–Kier alpha value is -3.74. The van der Waals surface area contributed by atoms with E-state index in [9.17, 15) is 18.8 Å². The summed E-state index contributed by atoms with van der Waals surface area (Å²) in [4.78, 5) is 36.4. The van der Waals surface area contributed by atoms with Gasteiger partial charge in [-0.15, -0.1) is 13.2 Å². The van der Waals surface area contributed by atoms with E-state index in [1.807, 2.05) is 0 Å². The number of carbonyl (C=O) groups is 3. The molecule has 0 saturated heterocycles. The number of methoxy groups -OCH3 is 1. The molecule has 1 N–H and O–H groups in total. The first-order valence-corrected chi connectivity index (χ1v) is 10.5. The molecule has 1 atom stereocenters. The lowest BCUT2D eigenvalue weighted by Gasteiger charge is -2.17. The number of rotatable bonds is 11. The lowest BCUT2D eigenvalue weighted by atomic mass is 9.91. The molecule has 6 nitrogen and oxygen atoms in total. The Labute approximate surface area is 193 Å². The molecule has 0 aromatic heterocycles. The fraction of sp³-hybridized carbons (Fsp3) is 0.269. The van der Waals surface area contributed by atoms with Crippen LogP contribution in [-0.4, -0.2) is 31.6 Å². The largest absolute Gasteiger partial charge is 0.469 e. The maximum absolute atomic E-state index is 14.6. The molecule has 2 aromatic carbocycles. The van der Waals surface area contributed by atoms with Crippen molar-refractivity contribution in [3.63, 3.8) is 0 Å². The zero-order chi connectivity index (χ0) is 24.4. The first-order valence-electron chi connectivity index (χ1n) is 10.5. The molecule has 0 bridgehead atoms. The number of amides is 1. The first kappa shape index (κ1) is 25.5. The zero-order valence-corrected chi connectivity index (χ0v) is 18.9. The third-order valence-electron chi connectivity index (χ3n) is 4.87. The van der Waals surface area contributed by atoms with E-state index >= 15 is 0 Å². The Balaban J connectivity index is 2.57. The minimum atomic E-state index is -0.714. The lowest BCUT2D eigenvalue weighted by Crippen LogP contribution is -2.16. The van der Waals surface area contributed by atoms with Crippen molar-refractivity contribution in [2.45, 2.75) is 32.1 Å². The number of hydrogen-bond acceptors (Lipinski definition) is 5. The first-order chi connectivity index (χ1) is 15.8. The van der Waals surface area contributed by atoms with Gasteiger partial charge in [-0.05, 0) is 54.3 Å². The summed E-state index contributed by atoms with van der Waals surface area (Å²) >= 11 is 0. The number of esters is 2. The van der Waals surface area contributed by atoms with Crippen LogP contribution in [-0.2, 0) is 30.3 Å². The van der Waals surface area contributed by atoms with Gasteiger partial charge in [0.05, 0.1) is 26.1 Å². The van der Waals surface area contributed by atoms with Crippen LogP contribution < -0.4 is 5.32 Å². The standard InChI is InChI=1S/C26H28FNO5/c1-5-8-22(26(31)33-7-3)19-14-18(15-20(27)16-19)21-11-10-17(13-25(30)32-4)12-23(21)28-24(29)9-6-2/h5-6,10-12,14-16,22H,1-2,7-9,13H2,3-4H3,(H,28,29). The van der Waals surface area contributed by atoms with Crippen LogP contribution in [0.4, 0.5) is 10.1 Å². The highest BCUT2D eigenvalue weighted by Crippen LogP contribution is 2.33. The Morgan fingerprint density at radius 1 is 1.12 bits per heavy atom. The average molecular weight is 454 g/mol. The van der Waals surface area contributed by atoms with Crippen molar-refractivity contribution >= 4 is 23.5 Å². The van der Waals surface area contributed by atoms with Crippen LogP contribution in [0.1, 0.15) is 36.8 Å². The van der Waals surface area contributed by atoms with Gasteiger partial charge in [0, 0.05) is 17.7 Å². The topological polar surface area (TPSA) is 81.7 Å². The molecule has 7 heteroatoms. The van der Waals surface area contributed by atoms with Gasteiger partial charge in [0.15, 0.2) is 0 Å². The van der Waals surface area contributed by atoms with Crippen LogP contribution in [0.25, 0.3) is 11.1 Å². The molecule has 0 spiro atoms. The summed E-state index contributed by atoms with van der Waals surface area (Å²) in [6, 6.07) is 9.32. The van der Waals surface area contributed by atoms with E-state index in [4.69, 9.17) is 9.47 Å². The van der Waals surface area contributed by atoms with Gasteiger partial charge in [0.1, 0.15) is 5.82 Å². The third-order valence-corrected chi connectivity index (χ3v) is 4.87. The molecule has 2 rings (SSSR count). The molecule has 1 unspecified atom stereocenters. The van der Waals surface area contributed by atoms with Gasteiger partial charge < -0.3 is 14.8 Å². The normalized spacial score (nSPS) is 11.2. The second-order valence-corrected chi connectivity index (χ2v) is 7.28. The Morgan fingerprint density at radius 2 is 1.88 bits per heavy atom. The summed E-state index contributed by atoms with van der Waals surface area (Å²) in [5.74, 6) is -2.46. The van der Waals surface area contributed by atoms with Crippen molar-refractivity contribution < 1.29 is 28.2 Å². The molecule has 0 aliphatic rings. The highest BCUT2D eigenvalue weighted by Gasteiger charge is 2.23. The molecule has 0 aliphatic heterocycles. The van der Waals surface area contributed by atoms with Gasteiger partial charge in [-0.2, -0.15) is 0 Å². The number of ether oxygens (including phenoxy) is 2. The van der Waals surface area contributed by atoms with Crippen LogP contribution in [0.2, 0.25) is 0 Å². The molecule has 2 aromatic rings. The smallest absolute Gasteiger partial charge is 0.313 e. The predicted octanol–water partition coefficient (Wildman–Crippen LogP) is 4.95. The van der Waals surface area contributed by atoms with Crippen LogP contribution >= 0.6 is 0 Å². The van der Waals surface area contributed by atoms with Crippen molar-refractivity contribution in [1.29, 1.82) is 0 Å². The second kappa shape index (κ2) is 12.3. The Morgan fingerprint density at radius 3 is 2.52 bits per heavy atom. The highest BCUT2D eigenvalue weighted by atomic mass is 19.1. The Bertz CT molecular complexity index is 1050. The molecule has 33 heavy (non-hydrogen) atoms. The van der Waals surface area contributed by atoms with Gasteiger partial charge in [0.2, 0.25) is 5.91 Å². The Kier molecular flexibility index (Phi) is 9.54. The van der Waals surface area contributed by atoms with E-state index in [0.717, 1.165) is 0 Å². The molecule has 174 valence electrons. The monoisotopic (exact) mass is 453 g/mol. The van der Waals surface area contributed by atoms with Gasteiger partial charge in [0.25, 0.3) is 0 Å². The zero-order valence-electron chi connectivity index (χ0n) is 18.9. The van der Waals surface area contributed by atoms with Crippen molar-refractivity contribution in [2.24, 2.45) is 0 Å². The quantitative estimate of drug-likeness (QED) is 0.385. The number of halogens is 1. The van der Waals surface area contributed by atoms with E-state index in [-0.39, 0.29) is 31.8 Å². The van der Waals surface area contributed by atoms with Crippen LogP contribution in [0.5, 0.6) is 0 Å². The molecular weight excluding hydrogens is 425 g/mol. The van der Waals surface area contributed by atoms with E-state index in [2.05, 4.69) is 18.5 Å². The summed E-state index contributed by atoms with van der Waals surface area (Å²) in [7, 11) is 1.29. The van der Waals surface area contributed by atoms with E-state index in [0.29, 0.717) is 27.9 Å². The third kappa shape index (κ3) is 7.14. The molecular formula is C26H28FNO5. The molecule has 0 saturated carbocycles. The molecule has 0 fully saturated rings. The number of benzene rings is 2. The highest BCUT2D eigenvalue weighted by molar-refractivity contribution is 5.96. The lowest BCUT2D eigenvalue weighted by molar-refractivity contribution is -0.145. The minimum absolute atomic E-state index is 0.0137. The van der Waals surface area contributed by atoms with Crippen molar-refractivity contribution in [3.8, 4) is 11.1 Å². The summed E-state index contributed by atoms with van der Waals surface area (Å²) in [6.07, 6.45) is 3.42. The maximum atomic E-state index is 14.6. The summed E-state index contributed by atoms with van der Waals surface area (Å²) in [6.45, 7) is 9.15. The summed E-state index contributed by atoms with van der Waals surface area (Å²) in [5.41, 5.74) is 2.44. The van der Waals surface area contributed by atoms with Crippen LogP contribution in [0.3, 0.4) is 0 Å². The maximum Gasteiger partial charge on any atom is 0.313 e. The fourth-order valence-corrected chi connectivity index (χ4v) is 3.37. The van der Waals surface area contributed by atoms with Gasteiger partial charge in [-0.1, -0.05) is 24.3 Å². The SMILES string of the molecule is C=CCC(=O)Nc1cc(CC(=O)OC)ccc1-c1cc(F)cc(C(CC=C)C(=O)OCC)c1. The van der Waals surface area contributed by atoms with Gasteiger partial charge >= 0.3 is 11.9 Å².